The molecule has 0 aromatic heterocycles. The van der Waals surface area contributed by atoms with Crippen molar-refractivity contribution in [1.29, 1.82) is 0 Å². The average molecular weight is 226 g/mol. The van der Waals surface area contributed by atoms with Crippen LogP contribution in [0.3, 0.4) is 0 Å². The van der Waals surface area contributed by atoms with Gasteiger partial charge in [0.25, 0.3) is 0 Å². The molecule has 0 unspecified atom stereocenters. The summed E-state index contributed by atoms with van der Waals surface area (Å²) in [6.07, 6.45) is 4.89. The van der Waals surface area contributed by atoms with Gasteiger partial charge in [-0.15, -0.1) is 12.4 Å². The van der Waals surface area contributed by atoms with Gasteiger partial charge in [0, 0.05) is 5.54 Å². The number of hydrogen-bond donors (Lipinski definition) is 1. The molecule has 1 fully saturated rings. The van der Waals surface area contributed by atoms with Gasteiger partial charge in [-0.1, -0.05) is 50.1 Å². The molecule has 84 valence electrons. The largest absolute Gasteiger partial charge is 0.321 e. The maximum absolute atomic E-state index is 6.47. The average Bonchev–Trinajstić information content (AvgIpc) is 2.19. The first-order chi connectivity index (χ1) is 6.71. The summed E-state index contributed by atoms with van der Waals surface area (Å²) >= 11 is 0. The molecule has 1 aliphatic rings. The third-order valence-corrected chi connectivity index (χ3v) is 3.38. The molecule has 2 atom stereocenters. The molecule has 0 spiro atoms. The summed E-state index contributed by atoms with van der Waals surface area (Å²) in [6, 6.07) is 10.6. The maximum Gasteiger partial charge on any atom is 0.0412 e. The third-order valence-electron chi connectivity index (χ3n) is 3.38. The van der Waals surface area contributed by atoms with E-state index in [1.54, 1.807) is 0 Å². The molecule has 0 aliphatic heterocycles. The summed E-state index contributed by atoms with van der Waals surface area (Å²) in [5.41, 5.74) is 7.73. The van der Waals surface area contributed by atoms with E-state index in [0.717, 1.165) is 18.8 Å². The van der Waals surface area contributed by atoms with Gasteiger partial charge in [0.15, 0.2) is 0 Å². The summed E-state index contributed by atoms with van der Waals surface area (Å²) in [5, 5.41) is 0. The summed E-state index contributed by atoms with van der Waals surface area (Å²) in [5.74, 6) is 0.772. The van der Waals surface area contributed by atoms with E-state index in [9.17, 15) is 0 Å². The van der Waals surface area contributed by atoms with Gasteiger partial charge in [0.05, 0.1) is 0 Å². The molecule has 0 radical (unpaired) electrons. The van der Waals surface area contributed by atoms with Crippen LogP contribution in [0.4, 0.5) is 0 Å². The Morgan fingerprint density at radius 1 is 1.27 bits per heavy atom. The smallest absolute Gasteiger partial charge is 0.0412 e. The van der Waals surface area contributed by atoms with Crippen molar-refractivity contribution in [3.8, 4) is 0 Å². The molecule has 2 rings (SSSR count). The lowest BCUT2D eigenvalue weighted by atomic mass is 9.73. The Balaban J connectivity index is 0.00000112. The lowest BCUT2D eigenvalue weighted by Crippen LogP contribution is -2.40. The number of halogens is 1. The zero-order chi connectivity index (χ0) is 10.0. The minimum absolute atomic E-state index is 0. The molecule has 2 N–H and O–H groups in total. The molecular weight excluding hydrogens is 206 g/mol. The maximum atomic E-state index is 6.47. The first-order valence-corrected chi connectivity index (χ1v) is 5.55. The summed E-state index contributed by atoms with van der Waals surface area (Å²) in [6.45, 7) is 2.31. The van der Waals surface area contributed by atoms with Crippen molar-refractivity contribution in [3.05, 3.63) is 35.9 Å². The molecule has 0 bridgehead atoms. The fraction of sp³-hybridized carbons (Fsp3) is 0.538. The van der Waals surface area contributed by atoms with Gasteiger partial charge in [0.2, 0.25) is 0 Å². The molecule has 0 heterocycles. The molecule has 1 aromatic rings. The van der Waals surface area contributed by atoms with Crippen LogP contribution in [0, 0.1) is 5.92 Å². The fourth-order valence-electron chi connectivity index (χ4n) is 2.62. The molecule has 1 aromatic carbocycles. The number of benzene rings is 1. The van der Waals surface area contributed by atoms with Gasteiger partial charge in [-0.2, -0.15) is 0 Å². The van der Waals surface area contributed by atoms with Gasteiger partial charge in [-0.05, 0) is 24.3 Å². The number of hydrogen-bond acceptors (Lipinski definition) is 1. The van der Waals surface area contributed by atoms with Gasteiger partial charge in [-0.25, -0.2) is 0 Å². The molecular formula is C13H20ClN. The predicted octanol–water partition coefficient (Wildman–Crippen LogP) is 3.47. The third kappa shape index (κ3) is 2.73. The second-order valence-electron chi connectivity index (χ2n) is 4.72. The van der Waals surface area contributed by atoms with Crippen molar-refractivity contribution in [1.82, 2.24) is 0 Å². The van der Waals surface area contributed by atoms with Gasteiger partial charge >= 0.3 is 0 Å². The highest BCUT2D eigenvalue weighted by atomic mass is 35.5. The first kappa shape index (κ1) is 12.5. The minimum Gasteiger partial charge on any atom is -0.321 e. The van der Waals surface area contributed by atoms with Crippen LogP contribution < -0.4 is 5.73 Å². The van der Waals surface area contributed by atoms with Crippen LogP contribution >= 0.6 is 12.4 Å². The first-order valence-electron chi connectivity index (χ1n) is 5.55. The van der Waals surface area contributed by atoms with Crippen LogP contribution in [0.5, 0.6) is 0 Å². The van der Waals surface area contributed by atoms with Crippen molar-refractivity contribution in [2.24, 2.45) is 11.7 Å². The SMILES string of the molecule is C[C@@H]1CCC[C@](N)(c2ccccc2)C1.Cl. The zero-order valence-electron chi connectivity index (χ0n) is 9.28. The van der Waals surface area contributed by atoms with Crippen LogP contribution in [-0.4, -0.2) is 0 Å². The van der Waals surface area contributed by atoms with Crippen LogP contribution in [0.1, 0.15) is 38.2 Å². The van der Waals surface area contributed by atoms with Crippen molar-refractivity contribution in [2.45, 2.75) is 38.1 Å². The van der Waals surface area contributed by atoms with Gasteiger partial charge in [0.1, 0.15) is 0 Å². The Labute approximate surface area is 98.5 Å². The Kier molecular flexibility index (Phi) is 4.18. The highest BCUT2D eigenvalue weighted by Gasteiger charge is 2.32. The Hall–Kier alpha value is -0.530. The molecule has 1 nitrogen and oxygen atoms in total. The van der Waals surface area contributed by atoms with E-state index in [2.05, 4.69) is 37.3 Å². The van der Waals surface area contributed by atoms with E-state index >= 15 is 0 Å². The Bertz CT molecular complexity index is 299. The quantitative estimate of drug-likeness (QED) is 0.778. The molecule has 0 saturated heterocycles. The lowest BCUT2D eigenvalue weighted by molar-refractivity contribution is 0.239. The summed E-state index contributed by atoms with van der Waals surface area (Å²) in [7, 11) is 0. The van der Waals surface area contributed by atoms with Crippen LogP contribution in [0.15, 0.2) is 30.3 Å². The van der Waals surface area contributed by atoms with E-state index in [-0.39, 0.29) is 17.9 Å². The van der Waals surface area contributed by atoms with E-state index in [1.807, 2.05) is 0 Å². The standard InChI is InChI=1S/C13H19N.ClH/c1-11-6-5-9-13(14,10-11)12-7-3-2-4-8-12;/h2-4,7-8,11H,5-6,9-10,14H2,1H3;1H/t11-,13-;/m1./s1. The molecule has 0 amide bonds. The normalized spacial score (nSPS) is 30.7. The second-order valence-corrected chi connectivity index (χ2v) is 4.72. The highest BCUT2D eigenvalue weighted by Crippen LogP contribution is 2.37. The van der Waals surface area contributed by atoms with Crippen molar-refractivity contribution >= 4 is 12.4 Å². The molecule has 1 aliphatic carbocycles. The van der Waals surface area contributed by atoms with Crippen molar-refractivity contribution < 1.29 is 0 Å². The molecule has 2 heteroatoms. The van der Waals surface area contributed by atoms with E-state index in [4.69, 9.17) is 5.73 Å². The summed E-state index contributed by atoms with van der Waals surface area (Å²) < 4.78 is 0. The molecule has 15 heavy (non-hydrogen) atoms. The number of nitrogens with two attached hydrogens (primary N) is 1. The Morgan fingerprint density at radius 2 is 1.93 bits per heavy atom. The summed E-state index contributed by atoms with van der Waals surface area (Å²) in [4.78, 5) is 0. The number of rotatable bonds is 1. The highest BCUT2D eigenvalue weighted by molar-refractivity contribution is 5.85. The monoisotopic (exact) mass is 225 g/mol. The Morgan fingerprint density at radius 3 is 2.53 bits per heavy atom. The minimum atomic E-state index is -0.0566. The lowest BCUT2D eigenvalue weighted by Gasteiger charge is -2.37. The zero-order valence-corrected chi connectivity index (χ0v) is 10.1. The topological polar surface area (TPSA) is 26.0 Å². The van der Waals surface area contributed by atoms with Crippen LogP contribution in [0.25, 0.3) is 0 Å². The van der Waals surface area contributed by atoms with Crippen molar-refractivity contribution in [3.63, 3.8) is 0 Å². The van der Waals surface area contributed by atoms with Gasteiger partial charge in [-0.3, -0.25) is 0 Å². The second kappa shape index (κ2) is 5.00. The van der Waals surface area contributed by atoms with E-state index in [0.29, 0.717) is 0 Å². The predicted molar refractivity (Wildman–Crippen MR) is 67.2 cm³/mol. The van der Waals surface area contributed by atoms with Crippen LogP contribution in [-0.2, 0) is 5.54 Å². The van der Waals surface area contributed by atoms with Gasteiger partial charge < -0.3 is 5.73 Å². The van der Waals surface area contributed by atoms with E-state index in [1.165, 1.54) is 18.4 Å². The van der Waals surface area contributed by atoms with Crippen LogP contribution in [0.2, 0.25) is 0 Å². The van der Waals surface area contributed by atoms with Crippen molar-refractivity contribution in [2.75, 3.05) is 0 Å². The molecule has 1 saturated carbocycles. The fourth-order valence-corrected chi connectivity index (χ4v) is 2.62. The van der Waals surface area contributed by atoms with E-state index < -0.39 is 0 Å².